The first-order valence-electron chi connectivity index (χ1n) is 7.17. The predicted octanol–water partition coefficient (Wildman–Crippen LogP) is -0.406. The van der Waals surface area contributed by atoms with Gasteiger partial charge in [-0.15, -0.1) is 0 Å². The van der Waals surface area contributed by atoms with Crippen molar-refractivity contribution in [1.29, 1.82) is 0 Å². The second-order valence-corrected chi connectivity index (χ2v) is 6.43. The van der Waals surface area contributed by atoms with Crippen LogP contribution in [0, 0.1) is 5.41 Å². The summed E-state index contributed by atoms with van der Waals surface area (Å²) in [5, 5.41) is 0. The maximum Gasteiger partial charge on any atom is 0.236 e. The highest BCUT2D eigenvalue weighted by molar-refractivity contribution is 5.79. The molecule has 6 nitrogen and oxygen atoms in total. The largest absolute Gasteiger partial charge is 0.339 e. The average Bonchev–Trinajstić information content (AvgIpc) is 2.38. The van der Waals surface area contributed by atoms with Gasteiger partial charge in [0.05, 0.1) is 6.54 Å². The highest BCUT2D eigenvalue weighted by Gasteiger charge is 2.24. The van der Waals surface area contributed by atoms with Crippen molar-refractivity contribution < 1.29 is 9.59 Å². The lowest BCUT2D eigenvalue weighted by molar-refractivity contribution is -0.139. The summed E-state index contributed by atoms with van der Waals surface area (Å²) in [5.41, 5.74) is 5.73. The van der Waals surface area contributed by atoms with Gasteiger partial charge in [0.1, 0.15) is 0 Å². The van der Waals surface area contributed by atoms with Gasteiger partial charge in [-0.1, -0.05) is 13.8 Å². The molecular weight excluding hydrogens is 256 g/mol. The first kappa shape index (κ1) is 16.9. The molecule has 0 saturated carbocycles. The highest BCUT2D eigenvalue weighted by Crippen LogP contribution is 2.14. The minimum atomic E-state index is 0.0162. The Labute approximate surface area is 121 Å². The van der Waals surface area contributed by atoms with Crippen LogP contribution in [0.5, 0.6) is 0 Å². The van der Waals surface area contributed by atoms with Crippen LogP contribution in [0.4, 0.5) is 0 Å². The Hall–Kier alpha value is -1.14. The lowest BCUT2D eigenvalue weighted by atomic mass is 9.93. The van der Waals surface area contributed by atoms with Crippen molar-refractivity contribution >= 4 is 11.8 Å². The van der Waals surface area contributed by atoms with Crippen molar-refractivity contribution in [2.24, 2.45) is 11.1 Å². The molecule has 1 aliphatic heterocycles. The molecule has 0 radical (unpaired) electrons. The number of hydrogen-bond acceptors (Lipinski definition) is 4. The van der Waals surface area contributed by atoms with E-state index in [9.17, 15) is 9.59 Å². The maximum atomic E-state index is 12.2. The van der Waals surface area contributed by atoms with Crippen LogP contribution in [0.15, 0.2) is 0 Å². The molecule has 1 saturated heterocycles. The standard InChI is InChI=1S/C14H28N4O2/c1-12(19)17-5-7-18(8-6-17)13(20)9-16(4)11-14(2,3)10-15/h5-11,15H2,1-4H3. The summed E-state index contributed by atoms with van der Waals surface area (Å²) in [6.07, 6.45) is 0. The Balaban J connectivity index is 2.38. The van der Waals surface area contributed by atoms with E-state index in [4.69, 9.17) is 5.73 Å². The Bertz CT molecular complexity index is 349. The molecule has 0 atom stereocenters. The average molecular weight is 284 g/mol. The number of likely N-dealkylation sites (N-methyl/N-ethyl adjacent to an activating group) is 1. The van der Waals surface area contributed by atoms with Crippen molar-refractivity contribution in [2.75, 3.05) is 52.9 Å². The van der Waals surface area contributed by atoms with Crippen molar-refractivity contribution in [3.8, 4) is 0 Å². The van der Waals surface area contributed by atoms with E-state index in [1.54, 1.807) is 11.8 Å². The molecule has 0 aromatic carbocycles. The van der Waals surface area contributed by atoms with Crippen LogP contribution in [0.2, 0.25) is 0 Å². The van der Waals surface area contributed by atoms with Crippen molar-refractivity contribution in [2.45, 2.75) is 20.8 Å². The predicted molar refractivity (Wildman–Crippen MR) is 79.2 cm³/mol. The second-order valence-electron chi connectivity index (χ2n) is 6.43. The summed E-state index contributed by atoms with van der Waals surface area (Å²) < 4.78 is 0. The molecule has 0 spiro atoms. The summed E-state index contributed by atoms with van der Waals surface area (Å²) >= 11 is 0. The third-order valence-electron chi connectivity index (χ3n) is 3.73. The van der Waals surface area contributed by atoms with E-state index in [0.717, 1.165) is 6.54 Å². The molecule has 0 unspecified atom stereocenters. The van der Waals surface area contributed by atoms with Crippen LogP contribution >= 0.6 is 0 Å². The smallest absolute Gasteiger partial charge is 0.236 e. The van der Waals surface area contributed by atoms with Crippen LogP contribution in [-0.2, 0) is 9.59 Å². The number of rotatable bonds is 5. The fraction of sp³-hybridized carbons (Fsp3) is 0.857. The van der Waals surface area contributed by atoms with E-state index in [0.29, 0.717) is 39.3 Å². The lowest BCUT2D eigenvalue weighted by Gasteiger charge is -2.36. The molecule has 116 valence electrons. The minimum absolute atomic E-state index is 0.0162. The Morgan fingerprint density at radius 3 is 2.10 bits per heavy atom. The maximum absolute atomic E-state index is 12.2. The Morgan fingerprint density at radius 2 is 1.65 bits per heavy atom. The molecule has 1 heterocycles. The van der Waals surface area contributed by atoms with Crippen molar-refractivity contribution in [3.63, 3.8) is 0 Å². The van der Waals surface area contributed by atoms with Crippen LogP contribution in [0.1, 0.15) is 20.8 Å². The number of piperazine rings is 1. The number of amides is 2. The summed E-state index contributed by atoms with van der Waals surface area (Å²) in [4.78, 5) is 29.1. The molecule has 6 heteroatoms. The Morgan fingerprint density at radius 1 is 1.15 bits per heavy atom. The van der Waals surface area contributed by atoms with Gasteiger partial charge in [0.25, 0.3) is 0 Å². The van der Waals surface area contributed by atoms with Gasteiger partial charge in [0, 0.05) is 39.6 Å². The zero-order valence-electron chi connectivity index (χ0n) is 13.2. The topological polar surface area (TPSA) is 69.9 Å². The number of carbonyl (C=O) groups is 2. The van der Waals surface area contributed by atoms with Crippen molar-refractivity contribution in [1.82, 2.24) is 14.7 Å². The second kappa shape index (κ2) is 7.04. The molecule has 1 rings (SSSR count). The lowest BCUT2D eigenvalue weighted by Crippen LogP contribution is -2.52. The van der Waals surface area contributed by atoms with Gasteiger partial charge in [-0.3, -0.25) is 14.5 Å². The summed E-state index contributed by atoms with van der Waals surface area (Å²) in [6, 6.07) is 0. The van der Waals surface area contributed by atoms with Gasteiger partial charge in [-0.2, -0.15) is 0 Å². The third kappa shape index (κ3) is 5.09. The summed E-state index contributed by atoms with van der Waals surface area (Å²) in [5.74, 6) is 0.211. The van der Waals surface area contributed by atoms with Gasteiger partial charge in [0.15, 0.2) is 0 Å². The quantitative estimate of drug-likeness (QED) is 0.745. The van der Waals surface area contributed by atoms with E-state index >= 15 is 0 Å². The van der Waals surface area contributed by atoms with Gasteiger partial charge in [-0.05, 0) is 19.0 Å². The molecule has 1 aliphatic rings. The van der Waals surface area contributed by atoms with Gasteiger partial charge in [-0.25, -0.2) is 0 Å². The molecule has 1 fully saturated rings. The first-order valence-corrected chi connectivity index (χ1v) is 7.17. The van der Waals surface area contributed by atoms with E-state index in [1.807, 2.05) is 16.8 Å². The van der Waals surface area contributed by atoms with E-state index in [2.05, 4.69) is 13.8 Å². The van der Waals surface area contributed by atoms with Crippen LogP contribution in [0.3, 0.4) is 0 Å². The summed E-state index contributed by atoms with van der Waals surface area (Å²) in [6.45, 7) is 10.1. The fourth-order valence-corrected chi connectivity index (χ4v) is 2.45. The van der Waals surface area contributed by atoms with Crippen LogP contribution < -0.4 is 5.73 Å². The van der Waals surface area contributed by atoms with Crippen LogP contribution in [-0.4, -0.2) is 79.4 Å². The fourth-order valence-electron chi connectivity index (χ4n) is 2.45. The normalized spacial score (nSPS) is 16.7. The van der Waals surface area contributed by atoms with Gasteiger partial charge >= 0.3 is 0 Å². The van der Waals surface area contributed by atoms with E-state index < -0.39 is 0 Å². The SMILES string of the molecule is CC(=O)N1CCN(C(=O)CN(C)CC(C)(C)CN)CC1. The number of carbonyl (C=O) groups excluding carboxylic acids is 2. The highest BCUT2D eigenvalue weighted by atomic mass is 16.2. The Kier molecular flexibility index (Phi) is 5.95. The molecule has 20 heavy (non-hydrogen) atoms. The third-order valence-corrected chi connectivity index (χ3v) is 3.73. The van der Waals surface area contributed by atoms with Gasteiger partial charge in [0.2, 0.25) is 11.8 Å². The van der Waals surface area contributed by atoms with E-state index in [-0.39, 0.29) is 17.2 Å². The number of hydrogen-bond donors (Lipinski definition) is 1. The molecule has 0 aromatic heterocycles. The molecule has 2 amide bonds. The minimum Gasteiger partial charge on any atom is -0.339 e. The molecule has 0 aromatic rings. The molecule has 0 bridgehead atoms. The molecule has 2 N–H and O–H groups in total. The van der Waals surface area contributed by atoms with E-state index in [1.165, 1.54) is 0 Å². The first-order chi connectivity index (χ1) is 9.25. The zero-order chi connectivity index (χ0) is 15.3. The monoisotopic (exact) mass is 284 g/mol. The van der Waals surface area contributed by atoms with Crippen LogP contribution in [0.25, 0.3) is 0 Å². The summed E-state index contributed by atoms with van der Waals surface area (Å²) in [7, 11) is 1.95. The number of nitrogens with two attached hydrogens (primary N) is 1. The van der Waals surface area contributed by atoms with Crippen molar-refractivity contribution in [3.05, 3.63) is 0 Å². The van der Waals surface area contributed by atoms with Gasteiger partial charge < -0.3 is 15.5 Å². The zero-order valence-corrected chi connectivity index (χ0v) is 13.2. The number of nitrogens with zero attached hydrogens (tertiary/aromatic N) is 3. The molecule has 0 aliphatic carbocycles. The molecular formula is C14H28N4O2.